The SMILES string of the molecule is Nc1cc(C(=O)O)c(OC(F)(F)F)cn1. The number of nitrogens with zero attached hydrogens (tertiary/aromatic N) is 1. The van der Waals surface area contributed by atoms with Gasteiger partial charge in [0.05, 0.1) is 6.20 Å². The third-order valence-corrected chi connectivity index (χ3v) is 1.34. The Labute approximate surface area is 81.3 Å². The number of nitrogen functional groups attached to an aromatic ring is 1. The fourth-order valence-electron chi connectivity index (χ4n) is 0.832. The van der Waals surface area contributed by atoms with Crippen LogP contribution in [0.5, 0.6) is 5.75 Å². The molecule has 0 amide bonds. The lowest BCUT2D eigenvalue weighted by molar-refractivity contribution is -0.274. The highest BCUT2D eigenvalue weighted by Gasteiger charge is 2.33. The highest BCUT2D eigenvalue weighted by molar-refractivity contribution is 5.91. The van der Waals surface area contributed by atoms with Crippen molar-refractivity contribution in [2.24, 2.45) is 0 Å². The molecule has 0 radical (unpaired) electrons. The Morgan fingerprint density at radius 3 is 2.60 bits per heavy atom. The molecule has 0 aliphatic carbocycles. The normalized spacial score (nSPS) is 11.1. The van der Waals surface area contributed by atoms with E-state index in [-0.39, 0.29) is 5.82 Å². The Kier molecular flexibility index (Phi) is 2.69. The van der Waals surface area contributed by atoms with Crippen molar-refractivity contribution < 1.29 is 27.8 Å². The average molecular weight is 222 g/mol. The Bertz CT molecular complexity index is 392. The molecule has 1 rings (SSSR count). The first-order chi connectivity index (χ1) is 6.79. The number of hydrogen-bond donors (Lipinski definition) is 2. The molecule has 0 saturated heterocycles. The van der Waals surface area contributed by atoms with Gasteiger partial charge in [-0.1, -0.05) is 0 Å². The molecular formula is C7H5F3N2O3. The van der Waals surface area contributed by atoms with Gasteiger partial charge in [-0.3, -0.25) is 0 Å². The monoisotopic (exact) mass is 222 g/mol. The zero-order chi connectivity index (χ0) is 11.6. The van der Waals surface area contributed by atoms with Crippen LogP contribution in [0, 0.1) is 0 Å². The predicted molar refractivity (Wildman–Crippen MR) is 42.3 cm³/mol. The van der Waals surface area contributed by atoms with Crippen molar-refractivity contribution in [2.45, 2.75) is 6.36 Å². The first-order valence-electron chi connectivity index (χ1n) is 3.54. The molecule has 0 saturated carbocycles. The van der Waals surface area contributed by atoms with E-state index in [1.807, 2.05) is 0 Å². The van der Waals surface area contributed by atoms with Gasteiger partial charge in [0.15, 0.2) is 5.75 Å². The maximum absolute atomic E-state index is 11.8. The molecule has 0 aromatic carbocycles. The second-order valence-corrected chi connectivity index (χ2v) is 2.46. The van der Waals surface area contributed by atoms with Crippen molar-refractivity contribution in [3.05, 3.63) is 17.8 Å². The molecule has 0 aliphatic heterocycles. The fraction of sp³-hybridized carbons (Fsp3) is 0.143. The maximum Gasteiger partial charge on any atom is 0.573 e. The minimum atomic E-state index is -4.97. The van der Waals surface area contributed by atoms with Crippen LogP contribution in [-0.4, -0.2) is 22.4 Å². The molecule has 1 heterocycles. The van der Waals surface area contributed by atoms with E-state index in [1.54, 1.807) is 0 Å². The summed E-state index contributed by atoms with van der Waals surface area (Å²) in [5.74, 6) is -2.69. The predicted octanol–water partition coefficient (Wildman–Crippen LogP) is 1.26. The number of halogens is 3. The number of hydrogen-bond acceptors (Lipinski definition) is 4. The lowest BCUT2D eigenvalue weighted by atomic mass is 10.2. The number of rotatable bonds is 2. The van der Waals surface area contributed by atoms with E-state index in [9.17, 15) is 18.0 Å². The summed E-state index contributed by atoms with van der Waals surface area (Å²) in [4.78, 5) is 13.8. The van der Waals surface area contributed by atoms with Crippen molar-refractivity contribution in [2.75, 3.05) is 5.73 Å². The van der Waals surface area contributed by atoms with Gasteiger partial charge in [0.25, 0.3) is 0 Å². The van der Waals surface area contributed by atoms with Gasteiger partial charge >= 0.3 is 12.3 Å². The number of nitrogens with two attached hydrogens (primary N) is 1. The number of pyridine rings is 1. The summed E-state index contributed by atoms with van der Waals surface area (Å²) in [6.07, 6.45) is -4.37. The molecule has 0 aliphatic rings. The summed E-state index contributed by atoms with van der Waals surface area (Å²) in [6, 6.07) is 0.781. The zero-order valence-corrected chi connectivity index (χ0v) is 7.08. The van der Waals surface area contributed by atoms with Crippen LogP contribution >= 0.6 is 0 Å². The molecule has 0 fully saturated rings. The maximum atomic E-state index is 11.8. The minimum absolute atomic E-state index is 0.207. The van der Waals surface area contributed by atoms with E-state index in [4.69, 9.17) is 10.8 Å². The van der Waals surface area contributed by atoms with Crippen LogP contribution in [0.3, 0.4) is 0 Å². The largest absolute Gasteiger partial charge is 0.573 e. The summed E-state index contributed by atoms with van der Waals surface area (Å²) in [5, 5.41) is 8.56. The summed E-state index contributed by atoms with van der Waals surface area (Å²) in [7, 11) is 0. The Hall–Kier alpha value is -1.99. The first-order valence-corrected chi connectivity index (χ1v) is 3.54. The van der Waals surface area contributed by atoms with Crippen LogP contribution in [0.4, 0.5) is 19.0 Å². The van der Waals surface area contributed by atoms with Crippen molar-refractivity contribution >= 4 is 11.8 Å². The number of ether oxygens (including phenoxy) is 1. The summed E-state index contributed by atoms with van der Waals surface area (Å²) >= 11 is 0. The summed E-state index contributed by atoms with van der Waals surface area (Å²) in [5.41, 5.74) is 4.42. The quantitative estimate of drug-likeness (QED) is 0.786. The lowest BCUT2D eigenvalue weighted by Crippen LogP contribution is -2.19. The van der Waals surface area contributed by atoms with Crippen LogP contribution < -0.4 is 10.5 Å². The van der Waals surface area contributed by atoms with Gasteiger partial charge in [-0.05, 0) is 6.07 Å². The number of aromatic nitrogens is 1. The van der Waals surface area contributed by atoms with Crippen LogP contribution in [0.1, 0.15) is 10.4 Å². The van der Waals surface area contributed by atoms with Gasteiger partial charge in [0.1, 0.15) is 11.4 Å². The van der Waals surface area contributed by atoms with Gasteiger partial charge in [-0.25, -0.2) is 9.78 Å². The number of carboxylic acid groups (broad SMARTS) is 1. The third-order valence-electron chi connectivity index (χ3n) is 1.34. The topological polar surface area (TPSA) is 85.4 Å². The Balaban J connectivity index is 3.12. The van der Waals surface area contributed by atoms with Gasteiger partial charge in [-0.15, -0.1) is 13.2 Å². The van der Waals surface area contributed by atoms with E-state index in [0.717, 1.165) is 6.07 Å². The van der Waals surface area contributed by atoms with E-state index < -0.39 is 23.6 Å². The number of carboxylic acids is 1. The summed E-state index contributed by atoms with van der Waals surface area (Å²) in [6.45, 7) is 0. The van der Waals surface area contributed by atoms with Gasteiger partial charge in [0, 0.05) is 0 Å². The van der Waals surface area contributed by atoms with Gasteiger partial charge in [0.2, 0.25) is 0 Å². The van der Waals surface area contributed by atoms with Gasteiger partial charge in [-0.2, -0.15) is 0 Å². The first kappa shape index (κ1) is 11.1. The molecule has 3 N–H and O–H groups in total. The van der Waals surface area contributed by atoms with Crippen LogP contribution in [0.15, 0.2) is 12.3 Å². The van der Waals surface area contributed by atoms with Crippen LogP contribution in [-0.2, 0) is 0 Å². The molecule has 0 bridgehead atoms. The van der Waals surface area contributed by atoms with Crippen molar-refractivity contribution in [3.8, 4) is 5.75 Å². The van der Waals surface area contributed by atoms with Crippen molar-refractivity contribution in [3.63, 3.8) is 0 Å². The second kappa shape index (κ2) is 3.64. The number of anilines is 1. The van der Waals surface area contributed by atoms with Crippen molar-refractivity contribution in [1.29, 1.82) is 0 Å². The molecule has 1 aromatic rings. The molecule has 15 heavy (non-hydrogen) atoms. The minimum Gasteiger partial charge on any atom is -0.478 e. The van der Waals surface area contributed by atoms with Crippen LogP contribution in [0.2, 0.25) is 0 Å². The molecule has 5 nitrogen and oxygen atoms in total. The highest BCUT2D eigenvalue weighted by Crippen LogP contribution is 2.26. The van der Waals surface area contributed by atoms with Crippen molar-refractivity contribution in [1.82, 2.24) is 4.98 Å². The molecule has 82 valence electrons. The average Bonchev–Trinajstić information content (AvgIpc) is 2.05. The number of aromatic carboxylic acids is 1. The van der Waals surface area contributed by atoms with E-state index in [0.29, 0.717) is 6.20 Å². The molecule has 8 heteroatoms. The smallest absolute Gasteiger partial charge is 0.478 e. The Morgan fingerprint density at radius 1 is 1.53 bits per heavy atom. The van der Waals surface area contributed by atoms with E-state index >= 15 is 0 Å². The molecule has 1 aromatic heterocycles. The Morgan fingerprint density at radius 2 is 2.13 bits per heavy atom. The third kappa shape index (κ3) is 3.01. The summed E-state index contributed by atoms with van der Waals surface area (Å²) < 4.78 is 38.9. The number of alkyl halides is 3. The van der Waals surface area contributed by atoms with Gasteiger partial charge < -0.3 is 15.6 Å². The van der Waals surface area contributed by atoms with E-state index in [1.165, 1.54) is 0 Å². The lowest BCUT2D eigenvalue weighted by Gasteiger charge is -2.10. The zero-order valence-electron chi connectivity index (χ0n) is 7.08. The van der Waals surface area contributed by atoms with Crippen LogP contribution in [0.25, 0.3) is 0 Å². The highest BCUT2D eigenvalue weighted by atomic mass is 19.4. The van der Waals surface area contributed by atoms with E-state index in [2.05, 4.69) is 9.72 Å². The molecule has 0 spiro atoms. The number of carbonyl (C=O) groups is 1. The molecule has 0 atom stereocenters. The molecular weight excluding hydrogens is 217 g/mol. The fourth-order valence-corrected chi connectivity index (χ4v) is 0.832. The second-order valence-electron chi connectivity index (χ2n) is 2.46. The molecule has 0 unspecified atom stereocenters. The standard InChI is InChI=1S/C7H5F3N2O3/c8-7(9,10)15-4-2-12-5(11)1-3(4)6(13)14/h1-2H,(H2,11,12)(H,13,14).